The van der Waals surface area contributed by atoms with E-state index in [0.29, 0.717) is 54.4 Å². The van der Waals surface area contributed by atoms with E-state index in [1.807, 2.05) is 62.0 Å². The van der Waals surface area contributed by atoms with Crippen LogP contribution in [0.1, 0.15) is 112 Å². The predicted octanol–water partition coefficient (Wildman–Crippen LogP) is 9.29. The summed E-state index contributed by atoms with van der Waals surface area (Å²) >= 11 is 1.64. The van der Waals surface area contributed by atoms with Gasteiger partial charge in [-0.1, -0.05) is 33.8 Å². The molecule has 4 aromatic rings. The lowest BCUT2D eigenvalue weighted by molar-refractivity contribution is -0.134. The zero-order valence-electron chi connectivity index (χ0n) is 41.2. The van der Waals surface area contributed by atoms with Gasteiger partial charge in [0, 0.05) is 66.2 Å². The third-order valence-corrected chi connectivity index (χ3v) is 15.4. The fourth-order valence-corrected chi connectivity index (χ4v) is 11.6. The Morgan fingerprint density at radius 2 is 1.31 bits per heavy atom. The molecule has 7 heterocycles. The number of alkyl carbamates (subject to hydrolysis) is 2. The number of thiazole rings is 1. The van der Waals surface area contributed by atoms with Crippen LogP contribution in [-0.2, 0) is 19.1 Å². The summed E-state index contributed by atoms with van der Waals surface area (Å²) in [5.74, 6) is -0.0969. The SMILES string of the molecule is COC(=O)N[C@H](C(=O)N1CCC[C@H]1C1=NC=C(c2cc(F)c3c(c2)OC(c2ncc(C4CC4)s2)n2c-3cc3cc(C4=CN=C([C@@H]5CCCN5C(=O)[C@@H](NC(=O)OC)C(C)C)C4)ccc32)C1)C(C)C.S.S.S.S. The summed E-state index contributed by atoms with van der Waals surface area (Å²) in [7, 11) is 2.57. The van der Waals surface area contributed by atoms with Gasteiger partial charge in [0.25, 0.3) is 0 Å². The number of nitrogens with one attached hydrogen (secondary N) is 2. The number of ether oxygens (including phenoxy) is 3. The topological polar surface area (TPSA) is 169 Å². The van der Waals surface area contributed by atoms with Gasteiger partial charge in [-0.2, -0.15) is 54.0 Å². The van der Waals surface area contributed by atoms with Gasteiger partial charge in [-0.3, -0.25) is 24.1 Å². The third-order valence-electron chi connectivity index (χ3n) is 14.2. The van der Waals surface area contributed by atoms with Crippen LogP contribution in [0.25, 0.3) is 33.3 Å². The fraction of sp³-hybridized carbons (Fsp3) is 0.471. The smallest absolute Gasteiger partial charge is 0.407 e. The minimum absolute atomic E-state index is 0. The van der Waals surface area contributed by atoms with E-state index in [4.69, 9.17) is 29.2 Å². The molecule has 2 N–H and O–H groups in total. The van der Waals surface area contributed by atoms with E-state index in [1.165, 1.54) is 19.1 Å². The van der Waals surface area contributed by atoms with E-state index in [9.17, 15) is 19.2 Å². The van der Waals surface area contributed by atoms with Crippen molar-refractivity contribution in [3.05, 3.63) is 81.8 Å². The first-order valence-corrected chi connectivity index (χ1v) is 24.6. The molecule has 5 atom stereocenters. The molecule has 1 aliphatic carbocycles. The number of fused-ring (bicyclic) bond motifs is 5. The van der Waals surface area contributed by atoms with Crippen molar-refractivity contribution in [2.45, 2.75) is 115 Å². The number of amides is 4. The van der Waals surface area contributed by atoms with Crippen LogP contribution in [-0.4, -0.2) is 106 Å². The Kier molecular flexibility index (Phi) is 18.1. The number of methoxy groups -OCH3 is 2. The fourth-order valence-electron chi connectivity index (χ4n) is 10.5. The van der Waals surface area contributed by atoms with Crippen molar-refractivity contribution in [1.29, 1.82) is 0 Å². The molecule has 10 rings (SSSR count). The van der Waals surface area contributed by atoms with E-state index >= 15 is 4.39 Å². The number of allylic oxidation sites excluding steroid dienone is 2. The van der Waals surface area contributed by atoms with E-state index in [0.717, 1.165) is 82.6 Å². The van der Waals surface area contributed by atoms with Crippen LogP contribution < -0.4 is 15.4 Å². The Balaban J connectivity index is 0.00000212. The summed E-state index contributed by atoms with van der Waals surface area (Å²) < 4.78 is 35.5. The quantitative estimate of drug-likeness (QED) is 0.142. The molecule has 1 unspecified atom stereocenters. The van der Waals surface area contributed by atoms with Gasteiger partial charge in [0.2, 0.25) is 18.0 Å². The summed E-state index contributed by atoms with van der Waals surface area (Å²) in [4.78, 5) is 71.4. The van der Waals surface area contributed by atoms with E-state index in [-0.39, 0.29) is 89.7 Å². The maximum atomic E-state index is 16.9. The standard InChI is InChI=1S/C51H57FN8O7S.4H2S/c1-26(2)44(56-50(63)65-5)47(61)58-15-7-9-38(58)35-19-32(23-53-35)29-13-14-37-31(17-29)21-40-43-34(52)18-30(22-41(43)67-49(60(37)40)46-55-25-42(68-46)28-11-12-28)33-20-36(54-24-33)39-10-8-16-59(39)48(62)45(27(3)4)57-51(64)66-6;;;;/h13-14,17-18,21-28,38-39,44-45,49H,7-12,15-16,19-20H2,1-6H3,(H,56,63)(H,57,64);4*1H2/t38-,39-,44-,45-,49?;;;;/m0..../s1. The highest BCUT2D eigenvalue weighted by molar-refractivity contribution is 7.59. The normalized spacial score (nSPS) is 20.5. The highest BCUT2D eigenvalue weighted by Gasteiger charge is 2.41. The summed E-state index contributed by atoms with van der Waals surface area (Å²) in [5, 5.41) is 7.14. The maximum Gasteiger partial charge on any atom is 0.407 e. The second-order valence-electron chi connectivity index (χ2n) is 19.3. The number of aromatic nitrogens is 2. The summed E-state index contributed by atoms with van der Waals surface area (Å²) in [6.07, 6.45) is 10.1. The van der Waals surface area contributed by atoms with Crippen LogP contribution >= 0.6 is 65.3 Å². The number of nitrogens with zero attached hydrogens (tertiary/aromatic N) is 6. The van der Waals surface area contributed by atoms with Gasteiger partial charge in [0.05, 0.1) is 43.1 Å². The number of carbonyl (C=O) groups is 4. The number of hydrogen-bond donors (Lipinski definition) is 2. The van der Waals surface area contributed by atoms with Crippen LogP contribution in [0.15, 0.2) is 65.0 Å². The van der Waals surface area contributed by atoms with Crippen LogP contribution in [0, 0.1) is 17.7 Å². The van der Waals surface area contributed by atoms with Crippen LogP contribution in [0.4, 0.5) is 14.0 Å². The molecule has 72 heavy (non-hydrogen) atoms. The molecule has 388 valence electrons. The molecule has 5 aliphatic heterocycles. The first-order chi connectivity index (χ1) is 32.8. The lowest BCUT2D eigenvalue weighted by Crippen LogP contribution is -2.53. The minimum atomic E-state index is -0.742. The van der Waals surface area contributed by atoms with Crippen molar-refractivity contribution >= 4 is 123 Å². The molecule has 2 aromatic heterocycles. The van der Waals surface area contributed by atoms with Crippen molar-refractivity contribution in [2.75, 3.05) is 27.3 Å². The second kappa shape index (κ2) is 23.1. The van der Waals surface area contributed by atoms with Crippen LogP contribution in [0.5, 0.6) is 5.75 Å². The molecule has 2 aromatic carbocycles. The molecular formula is C51H65FN8O7S5. The Bertz CT molecular complexity index is 2860. The number of halogens is 1. The van der Waals surface area contributed by atoms with Crippen molar-refractivity contribution in [1.82, 2.24) is 30.0 Å². The Labute approximate surface area is 451 Å². The number of likely N-dealkylation sites (tertiary alicyclic amines) is 2. The van der Waals surface area contributed by atoms with Crippen molar-refractivity contribution in [2.24, 2.45) is 21.8 Å². The maximum absolute atomic E-state index is 16.9. The zero-order valence-corrected chi connectivity index (χ0v) is 46.0. The van der Waals surface area contributed by atoms with E-state index in [2.05, 4.69) is 33.4 Å². The molecule has 2 saturated heterocycles. The molecule has 3 fully saturated rings. The first kappa shape index (κ1) is 56.3. The summed E-state index contributed by atoms with van der Waals surface area (Å²) in [5.41, 5.74) is 7.14. The zero-order chi connectivity index (χ0) is 47.5. The molecule has 15 nitrogen and oxygen atoms in total. The number of rotatable bonds is 12. The monoisotopic (exact) mass is 1080 g/mol. The molecule has 4 amide bonds. The Morgan fingerprint density at radius 1 is 0.750 bits per heavy atom. The third kappa shape index (κ3) is 10.7. The van der Waals surface area contributed by atoms with Crippen molar-refractivity contribution in [3.8, 4) is 17.0 Å². The average Bonchev–Trinajstić information content (AvgIpc) is 4.05. The molecule has 1 saturated carbocycles. The van der Waals surface area contributed by atoms with E-state index in [1.54, 1.807) is 23.6 Å². The first-order valence-electron chi connectivity index (χ1n) is 23.7. The van der Waals surface area contributed by atoms with Gasteiger partial charge < -0.3 is 34.6 Å². The van der Waals surface area contributed by atoms with E-state index < -0.39 is 36.3 Å². The van der Waals surface area contributed by atoms with Crippen molar-refractivity contribution in [3.63, 3.8) is 0 Å². The van der Waals surface area contributed by atoms with Gasteiger partial charge >= 0.3 is 12.2 Å². The average molecular weight is 1080 g/mol. The predicted molar refractivity (Wildman–Crippen MR) is 300 cm³/mol. The van der Waals surface area contributed by atoms with Gasteiger partial charge in [-0.25, -0.2) is 19.0 Å². The number of benzene rings is 2. The molecule has 0 bridgehead atoms. The highest BCUT2D eigenvalue weighted by atomic mass is 32.1. The minimum Gasteiger partial charge on any atom is -0.462 e. The number of carbonyl (C=O) groups excluding carboxylic acids is 4. The Morgan fingerprint density at radius 3 is 1.83 bits per heavy atom. The molecule has 6 aliphatic rings. The van der Waals surface area contributed by atoms with Gasteiger partial charge in [-0.15, -0.1) is 11.3 Å². The van der Waals surface area contributed by atoms with Gasteiger partial charge in [-0.05, 0) is 109 Å². The molecule has 0 spiro atoms. The molecule has 21 heteroatoms. The number of aliphatic imine (C=N–C) groups is 2. The summed E-state index contributed by atoms with van der Waals surface area (Å²) in [6, 6.07) is 9.85. The van der Waals surface area contributed by atoms with Gasteiger partial charge in [0.1, 0.15) is 23.7 Å². The van der Waals surface area contributed by atoms with Crippen molar-refractivity contribution < 1.29 is 37.8 Å². The molecule has 0 radical (unpaired) electrons. The van der Waals surface area contributed by atoms with Gasteiger partial charge in [0.15, 0.2) is 5.01 Å². The second-order valence-corrected chi connectivity index (χ2v) is 20.4. The van der Waals surface area contributed by atoms with Crippen LogP contribution in [0.2, 0.25) is 0 Å². The largest absolute Gasteiger partial charge is 0.462 e. The highest BCUT2D eigenvalue weighted by Crippen LogP contribution is 2.50. The molecular weight excluding hydrogens is 1020 g/mol. The summed E-state index contributed by atoms with van der Waals surface area (Å²) in [6.45, 7) is 8.72. The lowest BCUT2D eigenvalue weighted by Gasteiger charge is -2.31. The number of hydrogen-bond acceptors (Lipinski definition) is 11. The van der Waals surface area contributed by atoms with Crippen LogP contribution in [0.3, 0.4) is 0 Å². The Hall–Kier alpha value is -4.96. The lowest BCUT2D eigenvalue weighted by atomic mass is 9.95.